The lowest BCUT2D eigenvalue weighted by atomic mass is 9.90. The van der Waals surface area contributed by atoms with Crippen LogP contribution in [0.4, 0.5) is 0 Å². The van der Waals surface area contributed by atoms with E-state index in [4.69, 9.17) is 0 Å². The molecule has 0 spiro atoms. The van der Waals surface area contributed by atoms with Crippen LogP contribution in [0.5, 0.6) is 0 Å². The molecule has 0 saturated heterocycles. The van der Waals surface area contributed by atoms with Crippen molar-refractivity contribution in [1.29, 1.82) is 0 Å². The molecule has 15 heavy (non-hydrogen) atoms. The lowest BCUT2D eigenvalue weighted by Gasteiger charge is -2.13. The fourth-order valence-corrected chi connectivity index (χ4v) is 1.42. The lowest BCUT2D eigenvalue weighted by Crippen LogP contribution is -2.17. The molecule has 0 aliphatic heterocycles. The number of hydrogen-bond acceptors (Lipinski definition) is 2. The normalized spacial score (nSPS) is 12.8. The van der Waals surface area contributed by atoms with Crippen molar-refractivity contribution in [2.24, 2.45) is 11.8 Å². The van der Waals surface area contributed by atoms with Crippen LogP contribution in [0, 0.1) is 11.8 Å². The Bertz CT molecular complexity index is 306. The topological polar surface area (TPSA) is 30.0 Å². The van der Waals surface area contributed by atoms with Crippen molar-refractivity contribution < 1.29 is 4.79 Å². The Morgan fingerprint density at radius 2 is 1.87 bits per heavy atom. The van der Waals surface area contributed by atoms with Gasteiger partial charge in [-0.15, -0.1) is 0 Å². The van der Waals surface area contributed by atoms with E-state index in [1.54, 1.807) is 12.4 Å². The van der Waals surface area contributed by atoms with E-state index in [0.29, 0.717) is 18.1 Å². The minimum Gasteiger partial charge on any atom is -0.299 e. The van der Waals surface area contributed by atoms with Crippen molar-refractivity contribution in [2.75, 3.05) is 0 Å². The van der Waals surface area contributed by atoms with E-state index < -0.39 is 0 Å². The molecule has 1 aromatic heterocycles. The van der Waals surface area contributed by atoms with Gasteiger partial charge < -0.3 is 0 Å². The van der Waals surface area contributed by atoms with Crippen LogP contribution in [0.3, 0.4) is 0 Å². The molecule has 1 unspecified atom stereocenters. The van der Waals surface area contributed by atoms with Gasteiger partial charge in [0.25, 0.3) is 0 Å². The van der Waals surface area contributed by atoms with E-state index in [-0.39, 0.29) is 5.92 Å². The number of nitrogens with zero attached hydrogens (tertiary/aromatic N) is 1. The van der Waals surface area contributed by atoms with E-state index in [9.17, 15) is 4.79 Å². The van der Waals surface area contributed by atoms with E-state index >= 15 is 0 Å². The molecule has 0 bridgehead atoms. The zero-order valence-corrected chi connectivity index (χ0v) is 9.73. The Morgan fingerprint density at radius 3 is 2.40 bits per heavy atom. The third kappa shape index (κ3) is 3.82. The number of carbonyl (C=O) groups excluding carboxylic acids is 1. The van der Waals surface area contributed by atoms with Crippen LogP contribution in [0.1, 0.15) is 32.8 Å². The van der Waals surface area contributed by atoms with Gasteiger partial charge in [-0.25, -0.2) is 0 Å². The smallest absolute Gasteiger partial charge is 0.136 e. The molecule has 0 amide bonds. The van der Waals surface area contributed by atoms with Gasteiger partial charge in [-0.05, 0) is 30.0 Å². The van der Waals surface area contributed by atoms with Gasteiger partial charge in [-0.2, -0.15) is 0 Å². The molecular formula is C13H19NO. The Hall–Kier alpha value is -1.18. The molecule has 0 N–H and O–H groups in total. The third-order valence-electron chi connectivity index (χ3n) is 2.92. The summed E-state index contributed by atoms with van der Waals surface area (Å²) in [6, 6.07) is 3.93. The molecule has 1 rings (SSSR count). The van der Waals surface area contributed by atoms with Crippen LogP contribution in [0.15, 0.2) is 24.5 Å². The average molecular weight is 205 g/mol. The van der Waals surface area contributed by atoms with Crippen molar-refractivity contribution in [3.8, 4) is 0 Å². The summed E-state index contributed by atoms with van der Waals surface area (Å²) in [6.07, 6.45) is 5.01. The zero-order valence-electron chi connectivity index (χ0n) is 9.73. The molecule has 0 aliphatic rings. The number of Topliss-reactive ketones (excluding diaryl/α,β-unsaturated/α-hetero) is 1. The van der Waals surface area contributed by atoms with Crippen molar-refractivity contribution >= 4 is 5.78 Å². The van der Waals surface area contributed by atoms with Crippen LogP contribution in [0.2, 0.25) is 0 Å². The number of rotatable bonds is 5. The molecule has 0 radical (unpaired) electrons. The number of aryl methyl sites for hydroxylation is 1. The summed E-state index contributed by atoms with van der Waals surface area (Å²) in [5.74, 6) is 0.976. The van der Waals surface area contributed by atoms with E-state index in [0.717, 1.165) is 6.42 Å². The highest BCUT2D eigenvalue weighted by atomic mass is 16.1. The summed E-state index contributed by atoms with van der Waals surface area (Å²) in [5, 5.41) is 0. The second-order valence-electron chi connectivity index (χ2n) is 4.35. The number of ketones is 1. The van der Waals surface area contributed by atoms with Gasteiger partial charge in [0, 0.05) is 24.7 Å². The molecule has 2 heteroatoms. The summed E-state index contributed by atoms with van der Waals surface area (Å²) in [4.78, 5) is 15.7. The standard InChI is InChI=1S/C13H19NO/c1-10(2)11(3)13(15)5-4-12-6-8-14-9-7-12/h6-11H,4-5H2,1-3H3. The highest BCUT2D eigenvalue weighted by Gasteiger charge is 2.15. The Balaban J connectivity index is 2.41. The molecule has 0 aromatic carbocycles. The van der Waals surface area contributed by atoms with Crippen LogP contribution in [0.25, 0.3) is 0 Å². The first-order valence-electron chi connectivity index (χ1n) is 5.53. The number of hydrogen-bond donors (Lipinski definition) is 0. The number of carbonyl (C=O) groups is 1. The lowest BCUT2D eigenvalue weighted by molar-refractivity contribution is -0.123. The van der Waals surface area contributed by atoms with E-state index in [2.05, 4.69) is 18.8 Å². The zero-order chi connectivity index (χ0) is 11.3. The van der Waals surface area contributed by atoms with Gasteiger partial charge in [0.1, 0.15) is 5.78 Å². The van der Waals surface area contributed by atoms with Crippen LogP contribution < -0.4 is 0 Å². The fourth-order valence-electron chi connectivity index (χ4n) is 1.42. The third-order valence-corrected chi connectivity index (χ3v) is 2.92. The predicted octanol–water partition coefficient (Wildman–Crippen LogP) is 2.88. The molecule has 1 aromatic rings. The van der Waals surface area contributed by atoms with Crippen molar-refractivity contribution in [1.82, 2.24) is 4.98 Å². The van der Waals surface area contributed by atoms with E-state index in [1.807, 2.05) is 19.1 Å². The molecule has 2 nitrogen and oxygen atoms in total. The van der Waals surface area contributed by atoms with Gasteiger partial charge in [0.05, 0.1) is 0 Å². The first kappa shape index (κ1) is 11.9. The van der Waals surface area contributed by atoms with Crippen molar-refractivity contribution in [2.45, 2.75) is 33.6 Å². The molecule has 0 fully saturated rings. The summed E-state index contributed by atoms with van der Waals surface area (Å²) in [5.41, 5.74) is 1.19. The maximum absolute atomic E-state index is 11.7. The first-order chi connectivity index (χ1) is 7.11. The molecule has 1 atom stereocenters. The Kier molecular flexibility index (Phi) is 4.47. The van der Waals surface area contributed by atoms with Crippen LogP contribution in [-0.4, -0.2) is 10.8 Å². The second kappa shape index (κ2) is 5.64. The minimum absolute atomic E-state index is 0.173. The predicted molar refractivity (Wildman–Crippen MR) is 61.6 cm³/mol. The highest BCUT2D eigenvalue weighted by molar-refractivity contribution is 5.81. The fraction of sp³-hybridized carbons (Fsp3) is 0.538. The summed E-state index contributed by atoms with van der Waals surface area (Å²) in [6.45, 7) is 6.20. The van der Waals surface area contributed by atoms with Gasteiger partial charge in [-0.3, -0.25) is 9.78 Å². The van der Waals surface area contributed by atoms with Crippen molar-refractivity contribution in [3.05, 3.63) is 30.1 Å². The Labute approximate surface area is 91.7 Å². The number of pyridine rings is 1. The van der Waals surface area contributed by atoms with Gasteiger partial charge in [0.15, 0.2) is 0 Å². The minimum atomic E-state index is 0.173. The SMILES string of the molecule is CC(C)C(C)C(=O)CCc1ccncc1. The van der Waals surface area contributed by atoms with Gasteiger partial charge in [0.2, 0.25) is 0 Å². The van der Waals surface area contributed by atoms with Gasteiger partial charge >= 0.3 is 0 Å². The number of aromatic nitrogens is 1. The van der Waals surface area contributed by atoms with Gasteiger partial charge in [-0.1, -0.05) is 20.8 Å². The van der Waals surface area contributed by atoms with Crippen molar-refractivity contribution in [3.63, 3.8) is 0 Å². The second-order valence-corrected chi connectivity index (χ2v) is 4.35. The molecular weight excluding hydrogens is 186 g/mol. The Morgan fingerprint density at radius 1 is 1.27 bits per heavy atom. The maximum atomic E-state index is 11.7. The highest BCUT2D eigenvalue weighted by Crippen LogP contribution is 2.14. The quantitative estimate of drug-likeness (QED) is 0.739. The monoisotopic (exact) mass is 205 g/mol. The van der Waals surface area contributed by atoms with Crippen LogP contribution in [-0.2, 0) is 11.2 Å². The largest absolute Gasteiger partial charge is 0.299 e. The average Bonchev–Trinajstić information content (AvgIpc) is 2.26. The van der Waals surface area contributed by atoms with E-state index in [1.165, 1.54) is 5.56 Å². The first-order valence-corrected chi connectivity index (χ1v) is 5.53. The summed E-state index contributed by atoms with van der Waals surface area (Å²) >= 11 is 0. The maximum Gasteiger partial charge on any atom is 0.136 e. The van der Waals surface area contributed by atoms with Crippen LogP contribution >= 0.6 is 0 Å². The molecule has 82 valence electrons. The molecule has 0 aliphatic carbocycles. The summed E-state index contributed by atoms with van der Waals surface area (Å²) < 4.78 is 0. The molecule has 0 saturated carbocycles. The molecule has 1 heterocycles. The summed E-state index contributed by atoms with van der Waals surface area (Å²) in [7, 11) is 0.